The summed E-state index contributed by atoms with van der Waals surface area (Å²) in [5.74, 6) is -4.22. The molecular formula is C9H16ClF2NO2. The Kier molecular flexibility index (Phi) is 5.45. The second-order valence-electron chi connectivity index (χ2n) is 3.62. The van der Waals surface area contributed by atoms with Gasteiger partial charge in [0.15, 0.2) is 0 Å². The molecule has 0 saturated heterocycles. The van der Waals surface area contributed by atoms with Crippen LogP contribution in [0.4, 0.5) is 8.78 Å². The maximum absolute atomic E-state index is 13.0. The monoisotopic (exact) mass is 243 g/mol. The molecular weight excluding hydrogens is 228 g/mol. The summed E-state index contributed by atoms with van der Waals surface area (Å²) in [6.07, 6.45) is -0.534. The van der Waals surface area contributed by atoms with Crippen LogP contribution in [-0.4, -0.2) is 24.5 Å². The first-order valence-electron chi connectivity index (χ1n) is 4.76. The molecule has 1 fully saturated rings. The molecule has 1 saturated carbocycles. The Morgan fingerprint density at radius 1 is 1.60 bits per heavy atom. The fraction of sp³-hybridized carbons (Fsp3) is 0.889. The lowest BCUT2D eigenvalue weighted by Crippen LogP contribution is -2.45. The SMILES string of the molecule is CCOC(=O)[C@@H]1CC(F)(F)CC[C@@H]1N.Cl. The molecule has 90 valence electrons. The minimum atomic E-state index is -2.77. The van der Waals surface area contributed by atoms with E-state index in [2.05, 4.69) is 0 Å². The van der Waals surface area contributed by atoms with Gasteiger partial charge >= 0.3 is 5.97 Å². The number of nitrogens with two attached hydrogens (primary N) is 1. The van der Waals surface area contributed by atoms with Crippen molar-refractivity contribution in [3.05, 3.63) is 0 Å². The Morgan fingerprint density at radius 2 is 2.20 bits per heavy atom. The molecule has 3 nitrogen and oxygen atoms in total. The van der Waals surface area contributed by atoms with Crippen molar-refractivity contribution < 1.29 is 18.3 Å². The molecule has 6 heteroatoms. The van der Waals surface area contributed by atoms with Gasteiger partial charge in [-0.2, -0.15) is 0 Å². The zero-order valence-electron chi connectivity index (χ0n) is 8.54. The largest absolute Gasteiger partial charge is 0.466 e. The highest BCUT2D eigenvalue weighted by molar-refractivity contribution is 5.85. The fourth-order valence-corrected chi connectivity index (χ4v) is 1.66. The number of hydrogen-bond donors (Lipinski definition) is 1. The van der Waals surface area contributed by atoms with Crippen molar-refractivity contribution in [2.45, 2.75) is 38.2 Å². The molecule has 0 aromatic heterocycles. The Hall–Kier alpha value is -0.420. The smallest absolute Gasteiger partial charge is 0.310 e. The lowest BCUT2D eigenvalue weighted by atomic mass is 9.83. The average Bonchev–Trinajstić information content (AvgIpc) is 2.10. The van der Waals surface area contributed by atoms with Gasteiger partial charge < -0.3 is 10.5 Å². The highest BCUT2D eigenvalue weighted by Gasteiger charge is 2.43. The molecule has 0 aromatic rings. The van der Waals surface area contributed by atoms with Gasteiger partial charge in [0.05, 0.1) is 12.5 Å². The van der Waals surface area contributed by atoms with E-state index in [0.29, 0.717) is 0 Å². The number of alkyl halides is 2. The Bertz CT molecular complexity index is 226. The van der Waals surface area contributed by atoms with Crippen molar-refractivity contribution in [1.29, 1.82) is 0 Å². The third-order valence-corrected chi connectivity index (χ3v) is 2.47. The van der Waals surface area contributed by atoms with Crippen LogP contribution < -0.4 is 5.73 Å². The molecule has 0 amide bonds. The second-order valence-corrected chi connectivity index (χ2v) is 3.62. The van der Waals surface area contributed by atoms with Crippen LogP contribution in [0.2, 0.25) is 0 Å². The van der Waals surface area contributed by atoms with E-state index < -0.39 is 30.3 Å². The first-order valence-corrected chi connectivity index (χ1v) is 4.76. The summed E-state index contributed by atoms with van der Waals surface area (Å²) >= 11 is 0. The number of carbonyl (C=O) groups is 1. The van der Waals surface area contributed by atoms with Gasteiger partial charge in [-0.1, -0.05) is 0 Å². The third-order valence-electron chi connectivity index (χ3n) is 2.47. The molecule has 0 aromatic carbocycles. The Balaban J connectivity index is 0.00000196. The van der Waals surface area contributed by atoms with Crippen LogP contribution in [0.15, 0.2) is 0 Å². The van der Waals surface area contributed by atoms with E-state index in [1.54, 1.807) is 6.92 Å². The predicted octanol–water partition coefficient (Wildman–Crippen LogP) is 1.73. The number of halogens is 3. The molecule has 0 spiro atoms. The number of ether oxygens (including phenoxy) is 1. The minimum absolute atomic E-state index is 0. The van der Waals surface area contributed by atoms with Gasteiger partial charge in [0.2, 0.25) is 5.92 Å². The number of carbonyl (C=O) groups excluding carboxylic acids is 1. The van der Waals surface area contributed by atoms with Gasteiger partial charge in [-0.3, -0.25) is 4.79 Å². The molecule has 0 heterocycles. The zero-order valence-corrected chi connectivity index (χ0v) is 9.36. The minimum Gasteiger partial charge on any atom is -0.466 e. The van der Waals surface area contributed by atoms with Gasteiger partial charge in [-0.25, -0.2) is 8.78 Å². The predicted molar refractivity (Wildman–Crippen MR) is 54.1 cm³/mol. The van der Waals surface area contributed by atoms with Gasteiger partial charge in [-0.15, -0.1) is 12.4 Å². The fourth-order valence-electron chi connectivity index (χ4n) is 1.66. The molecule has 0 aliphatic heterocycles. The van der Waals surface area contributed by atoms with E-state index >= 15 is 0 Å². The Labute approximate surface area is 93.8 Å². The maximum atomic E-state index is 13.0. The topological polar surface area (TPSA) is 52.3 Å². The van der Waals surface area contributed by atoms with Crippen LogP contribution >= 0.6 is 12.4 Å². The summed E-state index contributed by atoms with van der Waals surface area (Å²) in [4.78, 5) is 11.3. The van der Waals surface area contributed by atoms with Gasteiger partial charge in [0, 0.05) is 18.9 Å². The quantitative estimate of drug-likeness (QED) is 0.752. The van der Waals surface area contributed by atoms with Crippen molar-refractivity contribution in [2.75, 3.05) is 6.61 Å². The van der Waals surface area contributed by atoms with Crippen molar-refractivity contribution in [3.8, 4) is 0 Å². The third kappa shape index (κ3) is 3.91. The lowest BCUT2D eigenvalue weighted by Gasteiger charge is -2.32. The lowest BCUT2D eigenvalue weighted by molar-refractivity contribution is -0.156. The summed E-state index contributed by atoms with van der Waals surface area (Å²) in [5, 5.41) is 0. The molecule has 0 bridgehead atoms. The van der Waals surface area contributed by atoms with Crippen molar-refractivity contribution in [2.24, 2.45) is 11.7 Å². The zero-order chi connectivity index (χ0) is 10.8. The summed E-state index contributed by atoms with van der Waals surface area (Å²) in [7, 11) is 0. The molecule has 1 aliphatic rings. The maximum Gasteiger partial charge on any atom is 0.310 e. The molecule has 0 radical (unpaired) electrons. The van der Waals surface area contributed by atoms with Crippen LogP contribution in [0.5, 0.6) is 0 Å². The number of rotatable bonds is 2. The molecule has 0 unspecified atom stereocenters. The van der Waals surface area contributed by atoms with Gasteiger partial charge in [0.25, 0.3) is 0 Å². The average molecular weight is 244 g/mol. The molecule has 2 atom stereocenters. The summed E-state index contributed by atoms with van der Waals surface area (Å²) in [6, 6.07) is -0.492. The van der Waals surface area contributed by atoms with E-state index in [0.717, 1.165) is 0 Å². The van der Waals surface area contributed by atoms with Crippen LogP contribution in [-0.2, 0) is 9.53 Å². The van der Waals surface area contributed by atoms with Crippen molar-refractivity contribution in [3.63, 3.8) is 0 Å². The Morgan fingerprint density at radius 3 is 2.73 bits per heavy atom. The molecule has 1 aliphatic carbocycles. The first-order chi connectivity index (χ1) is 6.46. The van der Waals surface area contributed by atoms with E-state index in [1.165, 1.54) is 0 Å². The first kappa shape index (κ1) is 14.6. The molecule has 2 N–H and O–H groups in total. The van der Waals surface area contributed by atoms with Gasteiger partial charge in [0.1, 0.15) is 0 Å². The van der Waals surface area contributed by atoms with E-state index in [4.69, 9.17) is 10.5 Å². The van der Waals surface area contributed by atoms with Crippen LogP contribution in [0.1, 0.15) is 26.2 Å². The van der Waals surface area contributed by atoms with E-state index in [9.17, 15) is 13.6 Å². The normalized spacial score (nSPS) is 29.1. The highest BCUT2D eigenvalue weighted by Crippen LogP contribution is 2.36. The molecule has 15 heavy (non-hydrogen) atoms. The standard InChI is InChI=1S/C9H15F2NO2.ClH/c1-2-14-8(13)6-5-9(10,11)4-3-7(6)12;/h6-7H,2-5,12H2,1H3;1H/t6-,7+;/m1./s1. The second kappa shape index (κ2) is 5.61. The van der Waals surface area contributed by atoms with E-state index in [-0.39, 0.29) is 31.9 Å². The van der Waals surface area contributed by atoms with Crippen molar-refractivity contribution in [1.82, 2.24) is 0 Å². The van der Waals surface area contributed by atoms with E-state index in [1.807, 2.05) is 0 Å². The number of esters is 1. The number of hydrogen-bond acceptors (Lipinski definition) is 3. The van der Waals surface area contributed by atoms with Crippen LogP contribution in [0.3, 0.4) is 0 Å². The summed E-state index contributed by atoms with van der Waals surface area (Å²) < 4.78 is 30.6. The highest BCUT2D eigenvalue weighted by atomic mass is 35.5. The van der Waals surface area contributed by atoms with Crippen LogP contribution in [0, 0.1) is 5.92 Å². The van der Waals surface area contributed by atoms with Crippen LogP contribution in [0.25, 0.3) is 0 Å². The van der Waals surface area contributed by atoms with Crippen molar-refractivity contribution >= 4 is 18.4 Å². The summed E-state index contributed by atoms with van der Waals surface area (Å²) in [5.41, 5.74) is 5.60. The van der Waals surface area contributed by atoms with Gasteiger partial charge in [-0.05, 0) is 13.3 Å². The summed E-state index contributed by atoms with van der Waals surface area (Å²) in [6.45, 7) is 1.85. The molecule has 1 rings (SSSR count).